The first-order chi connectivity index (χ1) is 14.9. The minimum Gasteiger partial charge on any atom is -0.370 e. The van der Waals surface area contributed by atoms with Crippen molar-refractivity contribution in [3.05, 3.63) is 52.6 Å². The molecule has 1 atom stereocenters. The number of thioether (sulfide) groups is 1. The van der Waals surface area contributed by atoms with Crippen molar-refractivity contribution in [3.63, 3.8) is 0 Å². The lowest BCUT2D eigenvalue weighted by atomic mass is 9.94. The Kier molecular flexibility index (Phi) is 6.78. The number of benzene rings is 1. The molecule has 0 saturated carbocycles. The van der Waals surface area contributed by atoms with E-state index in [1.807, 2.05) is 30.0 Å². The van der Waals surface area contributed by atoms with Gasteiger partial charge in [-0.05, 0) is 17.5 Å². The lowest BCUT2D eigenvalue weighted by Gasteiger charge is -2.40. The number of pyridine rings is 1. The zero-order valence-corrected chi connectivity index (χ0v) is 17.9. The number of carbonyl (C=O) groups is 2. The molecule has 8 nitrogen and oxygen atoms in total. The van der Waals surface area contributed by atoms with Crippen molar-refractivity contribution >= 4 is 29.4 Å². The molecule has 0 spiro atoms. The van der Waals surface area contributed by atoms with Gasteiger partial charge in [-0.25, -0.2) is 4.98 Å². The summed E-state index contributed by atoms with van der Waals surface area (Å²) in [5, 5.41) is 19.2. The van der Waals surface area contributed by atoms with Crippen molar-refractivity contribution in [2.24, 2.45) is 17.4 Å². The summed E-state index contributed by atoms with van der Waals surface area (Å²) in [5.74, 6) is -0.352. The monoisotopic (exact) mass is 434 g/mol. The number of hydrogen-bond acceptors (Lipinski definition) is 7. The van der Waals surface area contributed by atoms with Crippen LogP contribution in [0.15, 0.2) is 35.4 Å². The Morgan fingerprint density at radius 1 is 1.19 bits per heavy atom. The molecule has 1 aliphatic rings. The first-order valence-corrected chi connectivity index (χ1v) is 10.7. The third-order valence-electron chi connectivity index (χ3n) is 5.16. The van der Waals surface area contributed by atoms with Gasteiger partial charge in [-0.15, -0.1) is 0 Å². The maximum atomic E-state index is 12.2. The van der Waals surface area contributed by atoms with Crippen LogP contribution in [0.5, 0.6) is 0 Å². The minimum absolute atomic E-state index is 0.102. The van der Waals surface area contributed by atoms with E-state index in [0.717, 1.165) is 11.8 Å². The van der Waals surface area contributed by atoms with Crippen molar-refractivity contribution in [2.45, 2.75) is 30.0 Å². The van der Waals surface area contributed by atoms with E-state index in [2.05, 4.69) is 17.1 Å². The van der Waals surface area contributed by atoms with Gasteiger partial charge in [-0.3, -0.25) is 9.59 Å². The fourth-order valence-corrected chi connectivity index (χ4v) is 4.74. The average molecular weight is 435 g/mol. The van der Waals surface area contributed by atoms with Gasteiger partial charge in [0, 0.05) is 25.4 Å². The number of anilines is 1. The first kappa shape index (κ1) is 22.1. The van der Waals surface area contributed by atoms with E-state index in [9.17, 15) is 20.1 Å². The molecule has 1 aromatic heterocycles. The van der Waals surface area contributed by atoms with E-state index in [-0.39, 0.29) is 23.8 Å². The maximum absolute atomic E-state index is 12.2. The molecule has 0 radical (unpaired) electrons. The standard InChI is InChI=1S/C22H22N6O2S/c1-2-15-16(9-23)21(28-11-13(12-28)8-18(25)29)27-22(17(15)10-24)31-19(20(26)30)14-6-4-3-5-7-14/h3-7,13,19H,2,8,11-12H2,1H3,(H2,25,29)(H2,26,30). The summed E-state index contributed by atoms with van der Waals surface area (Å²) in [6.45, 7) is 2.95. The van der Waals surface area contributed by atoms with Gasteiger partial charge < -0.3 is 16.4 Å². The molecular weight excluding hydrogens is 412 g/mol. The topological polar surface area (TPSA) is 150 Å². The summed E-state index contributed by atoms with van der Waals surface area (Å²) in [5.41, 5.74) is 12.9. The van der Waals surface area contributed by atoms with Gasteiger partial charge in [-0.1, -0.05) is 49.0 Å². The fraction of sp³-hybridized carbons (Fsp3) is 0.318. The van der Waals surface area contributed by atoms with Crippen molar-refractivity contribution in [3.8, 4) is 12.1 Å². The summed E-state index contributed by atoms with van der Waals surface area (Å²) in [4.78, 5) is 29.9. The Balaban J connectivity index is 2.04. The summed E-state index contributed by atoms with van der Waals surface area (Å²) in [6.07, 6.45) is 0.731. The van der Waals surface area contributed by atoms with E-state index in [1.54, 1.807) is 12.1 Å². The Hall–Kier alpha value is -3.56. The number of carbonyl (C=O) groups excluding carboxylic acids is 2. The molecule has 31 heavy (non-hydrogen) atoms. The predicted molar refractivity (Wildman–Crippen MR) is 117 cm³/mol. The number of nitriles is 2. The van der Waals surface area contributed by atoms with Gasteiger partial charge in [0.2, 0.25) is 11.8 Å². The number of rotatable bonds is 8. The van der Waals surface area contributed by atoms with Crippen LogP contribution >= 0.6 is 11.8 Å². The van der Waals surface area contributed by atoms with Crippen molar-refractivity contribution in [1.82, 2.24) is 4.98 Å². The number of hydrogen-bond donors (Lipinski definition) is 2. The van der Waals surface area contributed by atoms with Crippen LogP contribution in [-0.4, -0.2) is 29.9 Å². The quantitative estimate of drug-likeness (QED) is 0.603. The van der Waals surface area contributed by atoms with Crippen molar-refractivity contribution < 1.29 is 9.59 Å². The largest absolute Gasteiger partial charge is 0.370 e. The molecule has 158 valence electrons. The molecule has 3 rings (SSSR count). The molecule has 9 heteroatoms. The van der Waals surface area contributed by atoms with Crippen molar-refractivity contribution in [2.75, 3.05) is 18.0 Å². The number of primary amides is 2. The highest BCUT2D eigenvalue weighted by atomic mass is 32.2. The van der Waals surface area contributed by atoms with E-state index in [0.29, 0.717) is 47.0 Å². The number of nitrogens with two attached hydrogens (primary N) is 2. The van der Waals surface area contributed by atoms with E-state index in [1.165, 1.54) is 0 Å². The second kappa shape index (κ2) is 9.50. The highest BCUT2D eigenvalue weighted by Crippen LogP contribution is 2.40. The summed E-state index contributed by atoms with van der Waals surface area (Å²) in [7, 11) is 0. The van der Waals surface area contributed by atoms with Crippen LogP contribution in [0.25, 0.3) is 0 Å². The molecule has 0 bridgehead atoms. The summed E-state index contributed by atoms with van der Waals surface area (Å²) < 4.78 is 0. The molecular formula is C22H22N6O2S. The Morgan fingerprint density at radius 3 is 2.35 bits per heavy atom. The van der Waals surface area contributed by atoms with Crippen LogP contribution in [0.3, 0.4) is 0 Å². The Labute approximate surface area is 184 Å². The predicted octanol–water partition coefficient (Wildman–Crippen LogP) is 2.02. The van der Waals surface area contributed by atoms with E-state index in [4.69, 9.17) is 11.5 Å². The number of amides is 2. The van der Waals surface area contributed by atoms with Gasteiger partial charge in [0.15, 0.2) is 0 Å². The second-order valence-corrected chi connectivity index (χ2v) is 8.39. The molecule has 2 heterocycles. The third kappa shape index (κ3) is 4.62. The van der Waals surface area contributed by atoms with Gasteiger partial charge in [-0.2, -0.15) is 10.5 Å². The molecule has 0 aliphatic carbocycles. The highest BCUT2D eigenvalue weighted by Gasteiger charge is 2.33. The summed E-state index contributed by atoms with van der Waals surface area (Å²) >= 11 is 1.11. The molecule has 2 amide bonds. The molecule has 1 fully saturated rings. The Bertz CT molecular complexity index is 1080. The zero-order chi connectivity index (χ0) is 22.5. The van der Waals surface area contributed by atoms with Crippen LogP contribution < -0.4 is 16.4 Å². The van der Waals surface area contributed by atoms with Crippen LogP contribution in [0.1, 0.15) is 40.8 Å². The third-order valence-corrected chi connectivity index (χ3v) is 6.42. The normalized spacial score (nSPS) is 14.2. The van der Waals surface area contributed by atoms with Crippen LogP contribution in [0.4, 0.5) is 5.82 Å². The molecule has 1 saturated heterocycles. The number of aromatic nitrogens is 1. The van der Waals surface area contributed by atoms with Crippen LogP contribution in [0.2, 0.25) is 0 Å². The van der Waals surface area contributed by atoms with E-state index >= 15 is 0 Å². The van der Waals surface area contributed by atoms with Gasteiger partial charge in [0.05, 0.1) is 11.1 Å². The SMILES string of the molecule is CCc1c(C#N)c(SC(C(N)=O)c2ccccc2)nc(N2CC(CC(N)=O)C2)c1C#N. The van der Waals surface area contributed by atoms with Crippen LogP contribution in [0, 0.1) is 28.6 Å². The molecule has 2 aromatic rings. The fourth-order valence-electron chi connectivity index (χ4n) is 3.68. The van der Waals surface area contributed by atoms with Crippen molar-refractivity contribution in [1.29, 1.82) is 10.5 Å². The first-order valence-electron chi connectivity index (χ1n) is 9.80. The zero-order valence-electron chi connectivity index (χ0n) is 17.0. The smallest absolute Gasteiger partial charge is 0.235 e. The Morgan fingerprint density at radius 2 is 1.84 bits per heavy atom. The maximum Gasteiger partial charge on any atom is 0.235 e. The molecule has 1 aromatic carbocycles. The lowest BCUT2D eigenvalue weighted by Crippen LogP contribution is -2.49. The van der Waals surface area contributed by atoms with Gasteiger partial charge in [0.1, 0.15) is 28.2 Å². The van der Waals surface area contributed by atoms with Crippen LogP contribution in [-0.2, 0) is 16.0 Å². The summed E-state index contributed by atoms with van der Waals surface area (Å²) in [6, 6.07) is 13.4. The van der Waals surface area contributed by atoms with E-state index < -0.39 is 11.2 Å². The highest BCUT2D eigenvalue weighted by molar-refractivity contribution is 8.00. The molecule has 4 N–H and O–H groups in total. The number of nitrogens with zero attached hydrogens (tertiary/aromatic N) is 4. The molecule has 1 unspecified atom stereocenters. The lowest BCUT2D eigenvalue weighted by molar-refractivity contribution is -0.119. The molecule has 1 aliphatic heterocycles. The average Bonchev–Trinajstić information content (AvgIpc) is 2.73. The second-order valence-electron chi connectivity index (χ2n) is 7.30. The van der Waals surface area contributed by atoms with Gasteiger partial charge in [0.25, 0.3) is 0 Å². The minimum atomic E-state index is -0.731. The van der Waals surface area contributed by atoms with Gasteiger partial charge >= 0.3 is 0 Å².